The number of hydrogen-bond acceptors (Lipinski definition) is 3. The Balaban J connectivity index is 2.88. The van der Waals surface area contributed by atoms with Gasteiger partial charge in [0, 0.05) is 12.6 Å². The Morgan fingerprint density at radius 3 is 2.41 bits per heavy atom. The monoisotopic (exact) mass is 250 g/mol. The summed E-state index contributed by atoms with van der Waals surface area (Å²) in [7, 11) is 0. The summed E-state index contributed by atoms with van der Waals surface area (Å²) in [6.07, 6.45) is -2.81. The number of furan rings is 1. The normalized spacial score (nSPS) is 14.6. The SMILES string of the molecule is CC(C)N(CC(F)(F)F)C(CN)c1ccco1. The van der Waals surface area contributed by atoms with Crippen LogP contribution in [0.15, 0.2) is 22.8 Å². The summed E-state index contributed by atoms with van der Waals surface area (Å²) < 4.78 is 42.6. The first-order valence-corrected chi connectivity index (χ1v) is 5.41. The van der Waals surface area contributed by atoms with Gasteiger partial charge in [0.05, 0.1) is 18.8 Å². The molecule has 0 spiro atoms. The fourth-order valence-electron chi connectivity index (χ4n) is 1.76. The van der Waals surface area contributed by atoms with Gasteiger partial charge < -0.3 is 10.2 Å². The van der Waals surface area contributed by atoms with Crippen molar-refractivity contribution in [1.29, 1.82) is 0 Å². The van der Waals surface area contributed by atoms with Gasteiger partial charge in [-0.15, -0.1) is 0 Å². The van der Waals surface area contributed by atoms with Crippen LogP contribution in [0, 0.1) is 0 Å². The highest BCUT2D eigenvalue weighted by Gasteiger charge is 2.36. The maximum Gasteiger partial charge on any atom is 0.401 e. The van der Waals surface area contributed by atoms with Crippen molar-refractivity contribution < 1.29 is 17.6 Å². The van der Waals surface area contributed by atoms with E-state index in [9.17, 15) is 13.2 Å². The van der Waals surface area contributed by atoms with Crippen molar-refractivity contribution in [2.45, 2.75) is 32.1 Å². The van der Waals surface area contributed by atoms with E-state index in [2.05, 4.69) is 0 Å². The Kier molecular flexibility index (Phi) is 4.59. The average Bonchev–Trinajstić information content (AvgIpc) is 2.68. The minimum atomic E-state index is -4.25. The smallest absolute Gasteiger partial charge is 0.401 e. The van der Waals surface area contributed by atoms with E-state index in [1.807, 2.05) is 0 Å². The molecule has 0 amide bonds. The Labute approximate surface area is 98.4 Å². The number of nitrogens with two attached hydrogens (primary N) is 1. The van der Waals surface area contributed by atoms with E-state index >= 15 is 0 Å². The van der Waals surface area contributed by atoms with Gasteiger partial charge in [0.2, 0.25) is 0 Å². The lowest BCUT2D eigenvalue weighted by Gasteiger charge is -2.33. The van der Waals surface area contributed by atoms with Gasteiger partial charge >= 0.3 is 6.18 Å². The first kappa shape index (κ1) is 14.1. The van der Waals surface area contributed by atoms with Crippen molar-refractivity contribution in [1.82, 2.24) is 4.90 Å². The van der Waals surface area contributed by atoms with Crippen molar-refractivity contribution in [3.05, 3.63) is 24.2 Å². The topological polar surface area (TPSA) is 42.4 Å². The predicted octanol–water partition coefficient (Wildman–Crippen LogP) is 2.55. The molecule has 2 N–H and O–H groups in total. The number of rotatable bonds is 5. The van der Waals surface area contributed by atoms with Crippen LogP contribution in [-0.2, 0) is 0 Å². The first-order valence-electron chi connectivity index (χ1n) is 5.41. The Morgan fingerprint density at radius 1 is 1.41 bits per heavy atom. The molecule has 98 valence electrons. The van der Waals surface area contributed by atoms with E-state index in [-0.39, 0.29) is 12.6 Å². The highest BCUT2D eigenvalue weighted by Crippen LogP contribution is 2.27. The molecule has 0 aliphatic heterocycles. The van der Waals surface area contributed by atoms with Crippen LogP contribution in [0.2, 0.25) is 0 Å². The summed E-state index contributed by atoms with van der Waals surface area (Å²) in [6, 6.07) is 2.47. The third-order valence-corrected chi connectivity index (χ3v) is 2.52. The quantitative estimate of drug-likeness (QED) is 0.873. The maximum atomic E-state index is 12.5. The fraction of sp³-hybridized carbons (Fsp3) is 0.636. The molecule has 1 heterocycles. The Bertz CT molecular complexity index is 322. The molecule has 0 aromatic carbocycles. The lowest BCUT2D eigenvalue weighted by atomic mass is 10.1. The highest BCUT2D eigenvalue weighted by atomic mass is 19.4. The van der Waals surface area contributed by atoms with Crippen molar-refractivity contribution in [2.75, 3.05) is 13.1 Å². The summed E-state index contributed by atoms with van der Waals surface area (Å²) in [5.74, 6) is 0.463. The molecule has 1 aromatic rings. The summed E-state index contributed by atoms with van der Waals surface area (Å²) in [6.45, 7) is 2.50. The molecule has 0 aliphatic rings. The van der Waals surface area contributed by atoms with Crippen molar-refractivity contribution in [2.24, 2.45) is 5.73 Å². The molecule has 0 saturated heterocycles. The molecule has 0 bridgehead atoms. The fourth-order valence-corrected chi connectivity index (χ4v) is 1.76. The van der Waals surface area contributed by atoms with E-state index in [0.29, 0.717) is 5.76 Å². The largest absolute Gasteiger partial charge is 0.468 e. The van der Waals surface area contributed by atoms with Crippen LogP contribution >= 0.6 is 0 Å². The van der Waals surface area contributed by atoms with Crippen LogP contribution in [0.25, 0.3) is 0 Å². The molecule has 1 unspecified atom stereocenters. The zero-order valence-electron chi connectivity index (χ0n) is 9.87. The number of halogens is 3. The van der Waals surface area contributed by atoms with Crippen LogP contribution in [-0.4, -0.2) is 30.2 Å². The highest BCUT2D eigenvalue weighted by molar-refractivity contribution is 5.06. The molecular formula is C11H17F3N2O. The van der Waals surface area contributed by atoms with E-state index in [1.165, 1.54) is 11.2 Å². The van der Waals surface area contributed by atoms with Gasteiger partial charge in [-0.05, 0) is 26.0 Å². The number of hydrogen-bond donors (Lipinski definition) is 1. The molecule has 17 heavy (non-hydrogen) atoms. The third kappa shape index (κ3) is 4.05. The second-order valence-corrected chi connectivity index (χ2v) is 4.15. The summed E-state index contributed by atoms with van der Waals surface area (Å²) in [5.41, 5.74) is 5.55. The van der Waals surface area contributed by atoms with Crippen LogP contribution in [0.5, 0.6) is 0 Å². The summed E-state index contributed by atoms with van der Waals surface area (Å²) in [5, 5.41) is 0. The average molecular weight is 250 g/mol. The van der Waals surface area contributed by atoms with Gasteiger partial charge in [0.1, 0.15) is 5.76 Å². The lowest BCUT2D eigenvalue weighted by Crippen LogP contribution is -2.44. The van der Waals surface area contributed by atoms with Gasteiger partial charge in [-0.2, -0.15) is 13.2 Å². The van der Waals surface area contributed by atoms with E-state index in [4.69, 9.17) is 10.2 Å². The molecule has 3 nitrogen and oxygen atoms in total. The minimum Gasteiger partial charge on any atom is -0.468 e. The van der Waals surface area contributed by atoms with Gasteiger partial charge in [-0.25, -0.2) is 0 Å². The molecule has 0 radical (unpaired) electrons. The molecular weight excluding hydrogens is 233 g/mol. The van der Waals surface area contributed by atoms with Crippen molar-refractivity contribution in [3.63, 3.8) is 0 Å². The van der Waals surface area contributed by atoms with E-state index in [0.717, 1.165) is 0 Å². The summed E-state index contributed by atoms with van der Waals surface area (Å²) >= 11 is 0. The first-order chi connectivity index (χ1) is 7.85. The molecule has 0 aliphatic carbocycles. The summed E-state index contributed by atoms with van der Waals surface area (Å²) in [4.78, 5) is 1.29. The third-order valence-electron chi connectivity index (χ3n) is 2.52. The zero-order chi connectivity index (χ0) is 13.1. The lowest BCUT2D eigenvalue weighted by molar-refractivity contribution is -0.155. The van der Waals surface area contributed by atoms with E-state index in [1.54, 1.807) is 26.0 Å². The van der Waals surface area contributed by atoms with Gasteiger partial charge in [0.15, 0.2) is 0 Å². The number of nitrogens with zero attached hydrogens (tertiary/aromatic N) is 1. The molecule has 6 heteroatoms. The number of alkyl halides is 3. The van der Waals surface area contributed by atoms with Crippen LogP contribution in [0.3, 0.4) is 0 Å². The molecule has 0 fully saturated rings. The van der Waals surface area contributed by atoms with Crippen molar-refractivity contribution >= 4 is 0 Å². The molecule has 1 rings (SSSR count). The maximum absolute atomic E-state index is 12.5. The molecule has 0 saturated carbocycles. The molecule has 1 atom stereocenters. The van der Waals surface area contributed by atoms with Gasteiger partial charge in [0.25, 0.3) is 0 Å². The zero-order valence-corrected chi connectivity index (χ0v) is 9.87. The van der Waals surface area contributed by atoms with Gasteiger partial charge in [-0.1, -0.05) is 0 Å². The van der Waals surface area contributed by atoms with Crippen LogP contribution in [0.4, 0.5) is 13.2 Å². The predicted molar refractivity (Wildman–Crippen MR) is 58.4 cm³/mol. The Hall–Kier alpha value is -1.01. The second kappa shape index (κ2) is 5.55. The minimum absolute atomic E-state index is 0.0851. The standard InChI is InChI=1S/C11H17F3N2O/c1-8(2)16(7-11(12,13)14)9(6-15)10-4-3-5-17-10/h3-5,8-9H,6-7,15H2,1-2H3. The second-order valence-electron chi connectivity index (χ2n) is 4.15. The van der Waals surface area contributed by atoms with Gasteiger partial charge in [-0.3, -0.25) is 4.90 Å². The van der Waals surface area contributed by atoms with Crippen LogP contribution < -0.4 is 5.73 Å². The van der Waals surface area contributed by atoms with Crippen molar-refractivity contribution in [3.8, 4) is 0 Å². The van der Waals surface area contributed by atoms with E-state index < -0.39 is 18.8 Å². The Morgan fingerprint density at radius 2 is 2.06 bits per heavy atom. The van der Waals surface area contributed by atoms with Crippen LogP contribution in [0.1, 0.15) is 25.6 Å². The molecule has 1 aromatic heterocycles.